The summed E-state index contributed by atoms with van der Waals surface area (Å²) in [7, 11) is 0. The van der Waals surface area contributed by atoms with E-state index < -0.39 is 51.4 Å². The summed E-state index contributed by atoms with van der Waals surface area (Å²) in [5, 5.41) is 34.4. The van der Waals surface area contributed by atoms with Crippen LogP contribution < -0.4 is 9.47 Å². The van der Waals surface area contributed by atoms with Crippen molar-refractivity contribution >= 4 is 23.8 Å². The first-order valence-electron chi connectivity index (χ1n) is 12.2. The molecule has 0 aromatic heterocycles. The standard InChI is InChI=1S/C25H35N3O10/c1-8-36-19(29)10-15-20(23(2,3)4)26(21(30)31)27(22(32)33)25(15,24(5,6)7)12-14-9-17-18(38-13-37-17)11-16(14)28(34)35/h9,11,15,20H,8,10,12-13H2,1-7H3,(H,30,31)(H,32,33)/t15-,20?,25+/m0/s1. The Labute approximate surface area is 220 Å². The molecule has 1 saturated heterocycles. The normalized spacial score (nSPS) is 22.9. The molecule has 13 nitrogen and oxygen atoms in total. The van der Waals surface area contributed by atoms with Gasteiger partial charge in [-0.05, 0) is 23.8 Å². The van der Waals surface area contributed by atoms with E-state index in [2.05, 4.69) is 0 Å². The minimum atomic E-state index is -1.64. The van der Waals surface area contributed by atoms with E-state index in [9.17, 15) is 34.7 Å². The van der Waals surface area contributed by atoms with Gasteiger partial charge >= 0.3 is 18.2 Å². The number of amides is 2. The first kappa shape index (κ1) is 28.8. The molecule has 2 aliphatic heterocycles. The maximum atomic E-state index is 12.9. The van der Waals surface area contributed by atoms with Crippen molar-refractivity contribution in [1.82, 2.24) is 10.0 Å². The maximum Gasteiger partial charge on any atom is 0.427 e. The number of carbonyl (C=O) groups excluding carboxylic acids is 1. The van der Waals surface area contributed by atoms with Gasteiger partial charge < -0.3 is 24.4 Å². The number of nitrogens with zero attached hydrogens (tertiary/aromatic N) is 3. The number of rotatable bonds is 6. The summed E-state index contributed by atoms with van der Waals surface area (Å²) in [4.78, 5) is 50.0. The molecule has 1 fully saturated rings. The number of benzene rings is 1. The van der Waals surface area contributed by atoms with Gasteiger partial charge in [0.25, 0.3) is 5.69 Å². The Balaban J connectivity index is 2.40. The third-order valence-electron chi connectivity index (χ3n) is 7.34. The largest absolute Gasteiger partial charge is 0.466 e. The number of nitro groups is 1. The highest BCUT2D eigenvalue weighted by Crippen LogP contribution is 2.57. The van der Waals surface area contributed by atoms with Crippen molar-refractivity contribution in [2.75, 3.05) is 13.4 Å². The van der Waals surface area contributed by atoms with Crippen LogP contribution >= 0.6 is 0 Å². The number of hydrazine groups is 1. The fourth-order valence-electron chi connectivity index (χ4n) is 5.94. The highest BCUT2D eigenvalue weighted by atomic mass is 16.7. The molecule has 2 heterocycles. The van der Waals surface area contributed by atoms with Crippen LogP contribution in [0, 0.1) is 26.9 Å². The van der Waals surface area contributed by atoms with Crippen molar-refractivity contribution in [3.05, 3.63) is 27.8 Å². The Bertz CT molecular complexity index is 1140. The van der Waals surface area contributed by atoms with Gasteiger partial charge in [-0.3, -0.25) is 14.9 Å². The van der Waals surface area contributed by atoms with Crippen molar-refractivity contribution in [3.63, 3.8) is 0 Å². The zero-order chi connectivity index (χ0) is 28.8. The molecule has 1 aromatic rings. The monoisotopic (exact) mass is 537 g/mol. The summed E-state index contributed by atoms with van der Waals surface area (Å²) in [6.45, 7) is 12.0. The van der Waals surface area contributed by atoms with Crippen LogP contribution in [0.2, 0.25) is 0 Å². The van der Waals surface area contributed by atoms with Gasteiger partial charge in [-0.2, -0.15) is 0 Å². The van der Waals surface area contributed by atoms with Crippen molar-refractivity contribution in [1.29, 1.82) is 0 Å². The van der Waals surface area contributed by atoms with Gasteiger partial charge in [0.2, 0.25) is 6.79 Å². The Hall–Kier alpha value is -3.77. The molecule has 1 unspecified atom stereocenters. The second-order valence-electron chi connectivity index (χ2n) is 11.6. The number of ether oxygens (including phenoxy) is 3. The molecule has 2 amide bonds. The maximum absolute atomic E-state index is 12.9. The number of carbonyl (C=O) groups is 3. The van der Waals surface area contributed by atoms with Gasteiger partial charge in [0.1, 0.15) is 0 Å². The number of fused-ring (bicyclic) bond motifs is 1. The fraction of sp³-hybridized carbons (Fsp3) is 0.640. The smallest absolute Gasteiger partial charge is 0.427 e. The lowest BCUT2D eigenvalue weighted by atomic mass is 9.59. The molecule has 3 atom stereocenters. The molecule has 38 heavy (non-hydrogen) atoms. The zero-order valence-corrected chi connectivity index (χ0v) is 22.6. The van der Waals surface area contributed by atoms with Crippen molar-refractivity contribution in [3.8, 4) is 11.5 Å². The third kappa shape index (κ3) is 4.76. The molecule has 210 valence electrons. The average molecular weight is 538 g/mol. The highest BCUT2D eigenvalue weighted by molar-refractivity contribution is 5.76. The van der Waals surface area contributed by atoms with Crippen LogP contribution in [-0.4, -0.2) is 68.3 Å². The van der Waals surface area contributed by atoms with Crippen LogP contribution in [0.4, 0.5) is 15.3 Å². The lowest BCUT2D eigenvalue weighted by Gasteiger charge is -2.50. The molecule has 0 aliphatic carbocycles. The van der Waals surface area contributed by atoms with Crippen LogP contribution in [0.1, 0.15) is 60.5 Å². The molecule has 2 N–H and O–H groups in total. The van der Waals surface area contributed by atoms with Gasteiger partial charge in [0, 0.05) is 17.9 Å². The van der Waals surface area contributed by atoms with Crippen molar-refractivity contribution in [2.24, 2.45) is 16.7 Å². The SMILES string of the molecule is CCOC(=O)C[C@H]1C(C(C)(C)C)N(C(=O)O)N(C(=O)O)[C@@]1(Cc1cc2c(cc1[N+](=O)[O-])OCO2)C(C)(C)C. The molecule has 3 rings (SSSR count). The van der Waals surface area contributed by atoms with Crippen LogP contribution in [0.25, 0.3) is 0 Å². The third-order valence-corrected chi connectivity index (χ3v) is 7.34. The summed E-state index contributed by atoms with van der Waals surface area (Å²) in [6, 6.07) is 1.64. The molecular formula is C25H35N3O10. The van der Waals surface area contributed by atoms with E-state index in [1.54, 1.807) is 48.5 Å². The van der Waals surface area contributed by atoms with Gasteiger partial charge in [-0.25, -0.2) is 19.6 Å². The van der Waals surface area contributed by atoms with Crippen molar-refractivity contribution < 1.29 is 43.7 Å². The zero-order valence-electron chi connectivity index (χ0n) is 22.6. The van der Waals surface area contributed by atoms with E-state index in [0.717, 1.165) is 10.0 Å². The molecule has 2 aliphatic rings. The highest BCUT2D eigenvalue weighted by Gasteiger charge is 2.68. The van der Waals surface area contributed by atoms with E-state index in [-0.39, 0.29) is 49.0 Å². The molecular weight excluding hydrogens is 502 g/mol. The number of hydrogen-bond donors (Lipinski definition) is 2. The lowest BCUT2D eigenvalue weighted by molar-refractivity contribution is -0.385. The number of esters is 1. The summed E-state index contributed by atoms with van der Waals surface area (Å²) in [6.07, 6.45) is -3.67. The van der Waals surface area contributed by atoms with Crippen LogP contribution in [0.15, 0.2) is 12.1 Å². The van der Waals surface area contributed by atoms with Gasteiger partial charge in [0.05, 0.1) is 35.6 Å². The van der Waals surface area contributed by atoms with Crippen LogP contribution in [0.3, 0.4) is 0 Å². The minimum absolute atomic E-state index is 0.0766. The minimum Gasteiger partial charge on any atom is -0.466 e. The van der Waals surface area contributed by atoms with E-state index in [4.69, 9.17) is 14.2 Å². The van der Waals surface area contributed by atoms with Crippen LogP contribution in [0.5, 0.6) is 11.5 Å². The summed E-state index contributed by atoms with van der Waals surface area (Å²) in [5.74, 6) is -1.13. The second kappa shape index (κ2) is 9.84. The van der Waals surface area contributed by atoms with Gasteiger partial charge in [0.15, 0.2) is 11.5 Å². The number of carboxylic acid groups (broad SMARTS) is 2. The Morgan fingerprint density at radius 1 is 1.11 bits per heavy atom. The summed E-state index contributed by atoms with van der Waals surface area (Å²) < 4.78 is 16.0. The number of hydrogen-bond acceptors (Lipinski definition) is 8. The summed E-state index contributed by atoms with van der Waals surface area (Å²) in [5.41, 5.74) is -3.72. The molecule has 13 heteroatoms. The number of nitro benzene ring substituents is 1. The van der Waals surface area contributed by atoms with Gasteiger partial charge in [-0.15, -0.1) is 0 Å². The first-order chi connectivity index (χ1) is 17.5. The van der Waals surface area contributed by atoms with Gasteiger partial charge in [-0.1, -0.05) is 41.5 Å². The van der Waals surface area contributed by atoms with E-state index >= 15 is 0 Å². The lowest BCUT2D eigenvalue weighted by Crippen LogP contribution is -2.63. The van der Waals surface area contributed by atoms with E-state index in [1.807, 2.05) is 0 Å². The Morgan fingerprint density at radius 2 is 1.68 bits per heavy atom. The molecule has 0 radical (unpaired) electrons. The Kier molecular flexibility index (Phi) is 7.46. The molecule has 0 saturated carbocycles. The van der Waals surface area contributed by atoms with E-state index in [1.165, 1.54) is 12.1 Å². The van der Waals surface area contributed by atoms with Crippen molar-refractivity contribution in [2.45, 2.75) is 72.9 Å². The predicted octanol–water partition coefficient (Wildman–Crippen LogP) is 4.52. The van der Waals surface area contributed by atoms with E-state index in [0.29, 0.717) is 0 Å². The fourth-order valence-corrected chi connectivity index (χ4v) is 5.94. The summed E-state index contributed by atoms with van der Waals surface area (Å²) >= 11 is 0. The molecule has 0 bridgehead atoms. The average Bonchev–Trinajstić information content (AvgIpc) is 3.33. The topological polar surface area (TPSA) is 169 Å². The molecule has 1 aromatic carbocycles. The first-order valence-corrected chi connectivity index (χ1v) is 12.2. The Morgan fingerprint density at radius 3 is 2.13 bits per heavy atom. The molecule has 0 spiro atoms. The van der Waals surface area contributed by atoms with Crippen LogP contribution in [-0.2, 0) is 16.0 Å². The quantitative estimate of drug-likeness (QED) is 0.299. The second-order valence-corrected chi connectivity index (χ2v) is 11.6. The predicted molar refractivity (Wildman–Crippen MR) is 133 cm³/mol.